The summed E-state index contributed by atoms with van der Waals surface area (Å²) in [6.07, 6.45) is 2.90. The zero-order valence-corrected chi connectivity index (χ0v) is 27.0. The lowest BCUT2D eigenvalue weighted by molar-refractivity contribution is -0.142. The first-order chi connectivity index (χ1) is 22.2. The second kappa shape index (κ2) is 13.9. The predicted molar refractivity (Wildman–Crippen MR) is 174 cm³/mol. The van der Waals surface area contributed by atoms with Crippen molar-refractivity contribution >= 4 is 23.7 Å². The maximum atomic E-state index is 13.9. The Balaban J connectivity index is 1.09. The van der Waals surface area contributed by atoms with E-state index in [1.807, 2.05) is 60.0 Å². The van der Waals surface area contributed by atoms with Crippen LogP contribution in [0.3, 0.4) is 0 Å². The molecule has 0 aliphatic carbocycles. The molecular formula is C35H47N5O6. The summed E-state index contributed by atoms with van der Waals surface area (Å²) in [4.78, 5) is 48.2. The number of amides is 4. The number of ether oxygens (including phenoxy) is 1. The summed E-state index contributed by atoms with van der Waals surface area (Å²) in [5.74, 6) is 0.0230. The minimum Gasteiger partial charge on any atom is -0.507 e. The van der Waals surface area contributed by atoms with Crippen molar-refractivity contribution in [2.75, 3.05) is 51.1 Å². The number of likely N-dealkylation sites (tertiary alicyclic amines) is 3. The van der Waals surface area contributed by atoms with Gasteiger partial charge in [0.15, 0.2) is 6.10 Å². The summed E-state index contributed by atoms with van der Waals surface area (Å²) in [6, 6.07) is 11.8. The standard InChI is InChI=1S/C35H47N5O6/c1-23-19-25(20-24(2)32(23)42)21-31(33(43)37-13-8-27(9-14-37)39-17-12-29(41)22-39)46-35(45)38-15-10-28(11-16-38)40-18-7-26-5-3-4-6-30(26)36-34(40)44/h3-6,19-20,27-29,31,41-42H,7-18,21-22H2,1-2H3,(H,36,44)/t29-,31+/m0/s1. The molecule has 11 heteroatoms. The second-order valence-corrected chi connectivity index (χ2v) is 13.4. The second-order valence-electron chi connectivity index (χ2n) is 13.4. The molecule has 4 aliphatic rings. The van der Waals surface area contributed by atoms with Gasteiger partial charge in [0.05, 0.1) is 6.10 Å². The summed E-state index contributed by atoms with van der Waals surface area (Å²) in [5, 5.41) is 23.3. The van der Waals surface area contributed by atoms with Gasteiger partial charge >= 0.3 is 12.1 Å². The summed E-state index contributed by atoms with van der Waals surface area (Å²) in [7, 11) is 0. The molecule has 0 bridgehead atoms. The number of carbonyl (C=O) groups is 3. The molecule has 248 valence electrons. The normalized spacial score (nSPS) is 22.3. The molecule has 11 nitrogen and oxygen atoms in total. The number of benzene rings is 2. The Bertz CT molecular complexity index is 1410. The lowest BCUT2D eigenvalue weighted by atomic mass is 9.99. The van der Waals surface area contributed by atoms with E-state index in [0.717, 1.165) is 49.0 Å². The Kier molecular flexibility index (Phi) is 9.70. The number of aliphatic hydroxyl groups is 1. The maximum Gasteiger partial charge on any atom is 0.410 e. The third-order valence-electron chi connectivity index (χ3n) is 10.3. The highest BCUT2D eigenvalue weighted by Crippen LogP contribution is 2.28. The van der Waals surface area contributed by atoms with E-state index in [1.165, 1.54) is 0 Å². The van der Waals surface area contributed by atoms with E-state index >= 15 is 0 Å². The van der Waals surface area contributed by atoms with Gasteiger partial charge in [-0.3, -0.25) is 9.69 Å². The molecule has 3 saturated heterocycles. The number of aromatic hydroxyl groups is 1. The monoisotopic (exact) mass is 633 g/mol. The summed E-state index contributed by atoms with van der Waals surface area (Å²) >= 11 is 0. The number of hydrogen-bond donors (Lipinski definition) is 3. The fraction of sp³-hybridized carbons (Fsp3) is 0.571. The molecule has 46 heavy (non-hydrogen) atoms. The van der Waals surface area contributed by atoms with Crippen LogP contribution < -0.4 is 5.32 Å². The van der Waals surface area contributed by atoms with E-state index in [-0.39, 0.29) is 36.3 Å². The Morgan fingerprint density at radius 2 is 1.57 bits per heavy atom. The molecule has 2 aromatic carbocycles. The fourth-order valence-corrected chi connectivity index (χ4v) is 7.61. The lowest BCUT2D eigenvalue weighted by Gasteiger charge is -2.39. The number of fused-ring (bicyclic) bond motifs is 1. The van der Waals surface area contributed by atoms with Gasteiger partial charge < -0.3 is 35.0 Å². The smallest absolute Gasteiger partial charge is 0.410 e. The van der Waals surface area contributed by atoms with E-state index in [2.05, 4.69) is 10.2 Å². The van der Waals surface area contributed by atoms with Gasteiger partial charge in [-0.1, -0.05) is 30.3 Å². The lowest BCUT2D eigenvalue weighted by Crippen LogP contribution is -2.52. The fourth-order valence-electron chi connectivity index (χ4n) is 7.61. The molecule has 2 aromatic rings. The molecule has 0 saturated carbocycles. The number of aliphatic hydroxyl groups excluding tert-OH is 1. The minimum absolute atomic E-state index is 0.0109. The highest BCUT2D eigenvalue weighted by atomic mass is 16.6. The van der Waals surface area contributed by atoms with Gasteiger partial charge in [0.2, 0.25) is 0 Å². The first kappa shape index (κ1) is 32.1. The number of rotatable bonds is 6. The number of para-hydroxylation sites is 1. The summed E-state index contributed by atoms with van der Waals surface area (Å²) in [5.41, 5.74) is 4.22. The van der Waals surface area contributed by atoms with Gasteiger partial charge in [0, 0.05) is 70.0 Å². The topological polar surface area (TPSA) is 126 Å². The third-order valence-corrected chi connectivity index (χ3v) is 10.3. The average Bonchev–Trinajstić information content (AvgIpc) is 3.42. The van der Waals surface area contributed by atoms with E-state index in [0.29, 0.717) is 69.3 Å². The molecule has 4 amide bonds. The van der Waals surface area contributed by atoms with Crippen molar-refractivity contribution in [3.63, 3.8) is 0 Å². The molecule has 0 radical (unpaired) electrons. The summed E-state index contributed by atoms with van der Waals surface area (Å²) in [6.45, 7) is 7.85. The molecule has 4 heterocycles. The zero-order chi connectivity index (χ0) is 32.4. The average molecular weight is 634 g/mol. The van der Waals surface area contributed by atoms with Crippen LogP contribution in [0.2, 0.25) is 0 Å². The van der Waals surface area contributed by atoms with Crippen LogP contribution in [0, 0.1) is 13.8 Å². The summed E-state index contributed by atoms with van der Waals surface area (Å²) < 4.78 is 6.02. The van der Waals surface area contributed by atoms with Crippen molar-refractivity contribution in [1.29, 1.82) is 0 Å². The van der Waals surface area contributed by atoms with E-state index in [9.17, 15) is 24.6 Å². The van der Waals surface area contributed by atoms with Crippen molar-refractivity contribution < 1.29 is 29.3 Å². The highest BCUT2D eigenvalue weighted by molar-refractivity contribution is 5.91. The SMILES string of the molecule is Cc1cc(C[C@@H](OC(=O)N2CCC(N3CCc4ccccc4NC3=O)CC2)C(=O)N2CCC(N3CC[C@H](O)C3)CC2)cc(C)c1O. The van der Waals surface area contributed by atoms with Crippen LogP contribution in [-0.2, 0) is 22.4 Å². The molecule has 3 fully saturated rings. The Labute approximate surface area is 271 Å². The van der Waals surface area contributed by atoms with Gasteiger partial charge in [-0.15, -0.1) is 0 Å². The number of aryl methyl sites for hydroxylation is 2. The largest absolute Gasteiger partial charge is 0.507 e. The third kappa shape index (κ3) is 7.10. The highest BCUT2D eigenvalue weighted by Gasteiger charge is 2.37. The number of nitrogens with zero attached hydrogens (tertiary/aromatic N) is 4. The predicted octanol–water partition coefficient (Wildman–Crippen LogP) is 3.67. The number of urea groups is 1. The number of β-amino-alcohol motifs (C(OH)–C–C–N with tert-alkyl or cyclic N) is 1. The Hall–Kier alpha value is -3.83. The number of anilines is 1. The van der Waals surface area contributed by atoms with Crippen LogP contribution >= 0.6 is 0 Å². The molecule has 3 N–H and O–H groups in total. The Morgan fingerprint density at radius 3 is 2.24 bits per heavy atom. The van der Waals surface area contributed by atoms with Crippen LogP contribution in [0.25, 0.3) is 0 Å². The molecule has 0 aromatic heterocycles. The number of carbonyl (C=O) groups excluding carboxylic acids is 3. The van der Waals surface area contributed by atoms with E-state index < -0.39 is 12.2 Å². The van der Waals surface area contributed by atoms with Gasteiger partial charge in [0.1, 0.15) is 5.75 Å². The molecule has 6 rings (SSSR count). The van der Waals surface area contributed by atoms with Crippen LogP contribution in [-0.4, -0.2) is 118 Å². The van der Waals surface area contributed by atoms with Crippen molar-refractivity contribution in [2.24, 2.45) is 0 Å². The Morgan fingerprint density at radius 1 is 0.913 bits per heavy atom. The molecule has 4 aliphatic heterocycles. The number of hydrogen-bond acceptors (Lipinski definition) is 7. The van der Waals surface area contributed by atoms with Gasteiger partial charge in [0.25, 0.3) is 5.91 Å². The number of nitrogens with one attached hydrogen (secondary N) is 1. The molecule has 0 spiro atoms. The number of piperidine rings is 2. The van der Waals surface area contributed by atoms with Crippen LogP contribution in [0.4, 0.5) is 15.3 Å². The van der Waals surface area contributed by atoms with Crippen molar-refractivity contribution in [2.45, 2.75) is 83.1 Å². The van der Waals surface area contributed by atoms with Crippen molar-refractivity contribution in [1.82, 2.24) is 19.6 Å². The first-order valence-corrected chi connectivity index (χ1v) is 16.8. The van der Waals surface area contributed by atoms with E-state index in [4.69, 9.17) is 4.74 Å². The van der Waals surface area contributed by atoms with Crippen LogP contribution in [0.5, 0.6) is 5.75 Å². The van der Waals surface area contributed by atoms with Crippen LogP contribution in [0.15, 0.2) is 36.4 Å². The van der Waals surface area contributed by atoms with Crippen LogP contribution in [0.1, 0.15) is 54.4 Å². The van der Waals surface area contributed by atoms with E-state index in [1.54, 1.807) is 4.90 Å². The first-order valence-electron chi connectivity index (χ1n) is 16.8. The van der Waals surface area contributed by atoms with Gasteiger partial charge in [-0.2, -0.15) is 0 Å². The van der Waals surface area contributed by atoms with Crippen molar-refractivity contribution in [3.05, 3.63) is 58.7 Å². The minimum atomic E-state index is -0.992. The molecular weight excluding hydrogens is 586 g/mol. The molecule has 0 unspecified atom stereocenters. The number of phenolic OH excluding ortho intramolecular Hbond substituents is 1. The van der Waals surface area contributed by atoms with Gasteiger partial charge in [-0.05, 0) is 80.7 Å². The zero-order valence-electron chi connectivity index (χ0n) is 27.0. The number of phenols is 1. The van der Waals surface area contributed by atoms with Crippen molar-refractivity contribution in [3.8, 4) is 5.75 Å². The van der Waals surface area contributed by atoms with Gasteiger partial charge in [-0.25, -0.2) is 9.59 Å². The quantitative estimate of drug-likeness (QED) is 0.443. The molecule has 2 atom stereocenters. The maximum absolute atomic E-state index is 13.9.